The van der Waals surface area contributed by atoms with Gasteiger partial charge in [-0.2, -0.15) is 5.26 Å². The SMILES string of the molecule is Cc1ccc(NC2=C(c3ccc(C)cc3)C(=O)N(c3ccc(C#N)cc3)C2=O)cc1. The molecular weight excluding hydrogens is 374 g/mol. The van der Waals surface area contributed by atoms with Gasteiger partial charge in [0.1, 0.15) is 5.70 Å². The standard InChI is InChI=1S/C25H19N3O2/c1-16-3-9-19(10-4-16)22-23(27-20-11-5-17(2)6-12-20)25(30)28(24(22)29)21-13-7-18(15-26)8-14-21/h3-14,27H,1-2H3. The van der Waals surface area contributed by atoms with E-state index in [2.05, 4.69) is 5.32 Å². The van der Waals surface area contributed by atoms with Crippen LogP contribution in [0.3, 0.4) is 0 Å². The molecule has 3 aromatic rings. The van der Waals surface area contributed by atoms with E-state index in [1.165, 1.54) is 0 Å². The van der Waals surface area contributed by atoms with E-state index in [1.807, 2.05) is 68.4 Å². The molecule has 1 heterocycles. The molecular formula is C25H19N3O2. The molecule has 30 heavy (non-hydrogen) atoms. The lowest BCUT2D eigenvalue weighted by molar-refractivity contribution is -0.120. The van der Waals surface area contributed by atoms with E-state index in [1.54, 1.807) is 24.3 Å². The number of imide groups is 1. The van der Waals surface area contributed by atoms with Gasteiger partial charge in [0.15, 0.2) is 0 Å². The Bertz CT molecular complexity index is 1200. The van der Waals surface area contributed by atoms with Crippen molar-refractivity contribution in [1.82, 2.24) is 0 Å². The molecule has 0 unspecified atom stereocenters. The van der Waals surface area contributed by atoms with Crippen LogP contribution in [0.5, 0.6) is 0 Å². The fourth-order valence-corrected chi connectivity index (χ4v) is 3.33. The summed E-state index contributed by atoms with van der Waals surface area (Å²) in [7, 11) is 0. The van der Waals surface area contributed by atoms with Crippen LogP contribution in [-0.2, 0) is 9.59 Å². The second kappa shape index (κ2) is 7.69. The first-order valence-corrected chi connectivity index (χ1v) is 9.52. The summed E-state index contributed by atoms with van der Waals surface area (Å²) in [6, 6.07) is 23.6. The van der Waals surface area contributed by atoms with E-state index in [0.717, 1.165) is 21.7 Å². The fourth-order valence-electron chi connectivity index (χ4n) is 3.33. The van der Waals surface area contributed by atoms with Crippen LogP contribution in [0.2, 0.25) is 0 Å². The topological polar surface area (TPSA) is 73.2 Å². The normalized spacial score (nSPS) is 13.6. The summed E-state index contributed by atoms with van der Waals surface area (Å²) >= 11 is 0. The van der Waals surface area contributed by atoms with Gasteiger partial charge in [-0.1, -0.05) is 47.5 Å². The minimum atomic E-state index is -0.430. The first-order valence-electron chi connectivity index (χ1n) is 9.52. The molecule has 1 aliphatic heterocycles. The van der Waals surface area contributed by atoms with Gasteiger partial charge in [0.05, 0.1) is 22.9 Å². The third-order valence-corrected chi connectivity index (χ3v) is 5.00. The van der Waals surface area contributed by atoms with Crippen molar-refractivity contribution in [3.05, 3.63) is 101 Å². The van der Waals surface area contributed by atoms with Crippen molar-refractivity contribution in [1.29, 1.82) is 5.26 Å². The number of carbonyl (C=O) groups is 2. The van der Waals surface area contributed by atoms with Crippen molar-refractivity contribution in [3.8, 4) is 6.07 Å². The smallest absolute Gasteiger partial charge is 0.282 e. The van der Waals surface area contributed by atoms with E-state index in [0.29, 0.717) is 22.4 Å². The Morgan fingerprint density at radius 3 is 1.90 bits per heavy atom. The number of nitrogens with zero attached hydrogens (tertiary/aromatic N) is 2. The molecule has 0 aromatic heterocycles. The molecule has 0 radical (unpaired) electrons. The molecule has 1 N–H and O–H groups in total. The predicted molar refractivity (Wildman–Crippen MR) is 117 cm³/mol. The van der Waals surface area contributed by atoms with Crippen LogP contribution < -0.4 is 10.2 Å². The Morgan fingerprint density at radius 1 is 0.767 bits per heavy atom. The van der Waals surface area contributed by atoms with Gasteiger partial charge in [-0.05, 0) is 55.8 Å². The first-order chi connectivity index (χ1) is 14.5. The van der Waals surface area contributed by atoms with E-state index < -0.39 is 11.8 Å². The molecule has 4 rings (SSSR count). The molecule has 0 saturated heterocycles. The van der Waals surface area contributed by atoms with Gasteiger partial charge in [0, 0.05) is 5.69 Å². The number of hydrogen-bond donors (Lipinski definition) is 1. The lowest BCUT2D eigenvalue weighted by atomic mass is 10.0. The Kier molecular flexibility index (Phi) is 4.91. The Labute approximate surface area is 174 Å². The molecule has 1 aliphatic rings. The quantitative estimate of drug-likeness (QED) is 0.659. The first kappa shape index (κ1) is 19.2. The minimum Gasteiger partial charge on any atom is -0.350 e. The van der Waals surface area contributed by atoms with Crippen LogP contribution in [-0.4, -0.2) is 11.8 Å². The van der Waals surface area contributed by atoms with Gasteiger partial charge in [-0.15, -0.1) is 0 Å². The number of rotatable bonds is 4. The van der Waals surface area contributed by atoms with E-state index >= 15 is 0 Å². The highest BCUT2D eigenvalue weighted by Crippen LogP contribution is 2.34. The number of aryl methyl sites for hydroxylation is 2. The highest BCUT2D eigenvalue weighted by molar-refractivity contribution is 6.46. The largest absolute Gasteiger partial charge is 0.350 e. The number of anilines is 2. The predicted octanol–water partition coefficient (Wildman–Crippen LogP) is 4.57. The Hall–Kier alpha value is -4.17. The molecule has 2 amide bonds. The van der Waals surface area contributed by atoms with Crippen LogP contribution in [0.15, 0.2) is 78.5 Å². The highest BCUT2D eigenvalue weighted by Gasteiger charge is 2.40. The Morgan fingerprint density at radius 2 is 1.33 bits per heavy atom. The summed E-state index contributed by atoms with van der Waals surface area (Å²) in [4.78, 5) is 27.8. The number of nitriles is 1. The monoisotopic (exact) mass is 393 g/mol. The second-order valence-corrected chi connectivity index (χ2v) is 7.21. The van der Waals surface area contributed by atoms with Crippen LogP contribution in [0.25, 0.3) is 5.57 Å². The van der Waals surface area contributed by atoms with E-state index in [-0.39, 0.29) is 5.70 Å². The molecule has 146 valence electrons. The van der Waals surface area contributed by atoms with Gasteiger partial charge < -0.3 is 5.32 Å². The van der Waals surface area contributed by atoms with Gasteiger partial charge in [-0.3, -0.25) is 9.59 Å². The zero-order valence-electron chi connectivity index (χ0n) is 16.6. The minimum absolute atomic E-state index is 0.233. The lowest BCUT2D eigenvalue weighted by Crippen LogP contribution is -2.32. The third-order valence-electron chi connectivity index (χ3n) is 5.00. The highest BCUT2D eigenvalue weighted by atomic mass is 16.2. The number of nitrogens with one attached hydrogen (secondary N) is 1. The average molecular weight is 393 g/mol. The summed E-state index contributed by atoms with van der Waals surface area (Å²) < 4.78 is 0. The molecule has 3 aromatic carbocycles. The summed E-state index contributed by atoms with van der Waals surface area (Å²) in [5.41, 5.74) is 5.00. The number of benzene rings is 3. The zero-order valence-corrected chi connectivity index (χ0v) is 16.6. The van der Waals surface area contributed by atoms with Gasteiger partial charge in [-0.25, -0.2) is 4.90 Å². The summed E-state index contributed by atoms with van der Waals surface area (Å²) in [6.07, 6.45) is 0. The fraction of sp³-hybridized carbons (Fsp3) is 0.0800. The van der Waals surface area contributed by atoms with Crippen molar-refractivity contribution in [2.75, 3.05) is 10.2 Å². The van der Waals surface area contributed by atoms with Crippen molar-refractivity contribution in [2.45, 2.75) is 13.8 Å². The molecule has 0 atom stereocenters. The zero-order chi connectivity index (χ0) is 21.3. The van der Waals surface area contributed by atoms with Crippen LogP contribution in [0.1, 0.15) is 22.3 Å². The molecule has 5 heteroatoms. The van der Waals surface area contributed by atoms with Gasteiger partial charge in [0.25, 0.3) is 11.8 Å². The summed E-state index contributed by atoms with van der Waals surface area (Å²) in [5.74, 6) is -0.830. The Balaban J connectivity index is 1.80. The van der Waals surface area contributed by atoms with Crippen LogP contribution >= 0.6 is 0 Å². The molecule has 0 fully saturated rings. The number of amides is 2. The number of carbonyl (C=O) groups excluding carboxylic acids is 2. The van der Waals surface area contributed by atoms with Crippen molar-refractivity contribution >= 4 is 28.8 Å². The summed E-state index contributed by atoms with van der Waals surface area (Å²) in [5, 5.41) is 12.2. The molecule has 0 bridgehead atoms. The maximum absolute atomic E-state index is 13.4. The maximum atomic E-state index is 13.4. The van der Waals surface area contributed by atoms with Crippen molar-refractivity contribution in [2.24, 2.45) is 0 Å². The number of hydrogen-bond acceptors (Lipinski definition) is 4. The molecule has 0 spiro atoms. The van der Waals surface area contributed by atoms with Gasteiger partial charge >= 0.3 is 0 Å². The second-order valence-electron chi connectivity index (χ2n) is 7.21. The average Bonchev–Trinajstić information content (AvgIpc) is 3.00. The van der Waals surface area contributed by atoms with E-state index in [4.69, 9.17) is 5.26 Å². The summed E-state index contributed by atoms with van der Waals surface area (Å²) in [6.45, 7) is 3.95. The molecule has 5 nitrogen and oxygen atoms in total. The lowest BCUT2D eigenvalue weighted by Gasteiger charge is -2.15. The maximum Gasteiger partial charge on any atom is 0.282 e. The third kappa shape index (κ3) is 3.47. The van der Waals surface area contributed by atoms with Gasteiger partial charge in [0.2, 0.25) is 0 Å². The van der Waals surface area contributed by atoms with E-state index in [9.17, 15) is 9.59 Å². The van der Waals surface area contributed by atoms with Crippen molar-refractivity contribution in [3.63, 3.8) is 0 Å². The van der Waals surface area contributed by atoms with Crippen molar-refractivity contribution < 1.29 is 9.59 Å². The van der Waals surface area contributed by atoms with Crippen LogP contribution in [0, 0.1) is 25.2 Å². The van der Waals surface area contributed by atoms with Crippen LogP contribution in [0.4, 0.5) is 11.4 Å². The molecule has 0 aliphatic carbocycles. The molecule has 0 saturated carbocycles.